The molecule has 1 atom stereocenters. The molecule has 1 N–H and O–H groups in total. The van der Waals surface area contributed by atoms with Gasteiger partial charge in [0.2, 0.25) is 0 Å². The lowest BCUT2D eigenvalue weighted by molar-refractivity contribution is -0.352. The van der Waals surface area contributed by atoms with Crippen LogP contribution in [0.5, 0.6) is 0 Å². The van der Waals surface area contributed by atoms with Crippen molar-refractivity contribution < 1.29 is 43.9 Å². The molecule has 0 saturated carbocycles. The summed E-state index contributed by atoms with van der Waals surface area (Å²) in [5, 5.41) is 2.49. The van der Waals surface area contributed by atoms with Gasteiger partial charge in [-0.1, -0.05) is 0 Å². The van der Waals surface area contributed by atoms with E-state index >= 15 is 0 Å². The van der Waals surface area contributed by atoms with Crippen LogP contribution in [0.4, 0.5) is 43.9 Å². The number of nitrogens with zero attached hydrogens (tertiary/aromatic N) is 1. The summed E-state index contributed by atoms with van der Waals surface area (Å²) in [5.41, 5.74) is -5.91. The topological polar surface area (TPSA) is 15.3 Å². The van der Waals surface area contributed by atoms with Gasteiger partial charge in [0.15, 0.2) is 0 Å². The van der Waals surface area contributed by atoms with Crippen LogP contribution >= 0.6 is 0 Å². The highest BCUT2D eigenvalue weighted by Crippen LogP contribution is 2.52. The first-order valence-corrected chi connectivity index (χ1v) is 7.27. The van der Waals surface area contributed by atoms with Crippen LogP contribution in [-0.2, 0) is 0 Å². The molecule has 2 nitrogen and oxygen atoms in total. The first-order valence-electron chi connectivity index (χ1n) is 7.27. The van der Waals surface area contributed by atoms with Gasteiger partial charge in [-0.15, -0.1) is 0 Å². The predicted molar refractivity (Wildman–Crippen MR) is 70.8 cm³/mol. The maximum Gasteiger partial charge on any atom is 0.431 e. The molecule has 0 aliphatic heterocycles. The standard InChI is InChI=1S/C13H20F10N2/c1-25(2)7-3-5-24-6-4-9(11(15,16)17)8-10(14,12(18,19)20)13(21,22)23/h9,24H,3-8H2,1-2H3. The lowest BCUT2D eigenvalue weighted by Gasteiger charge is -2.33. The fraction of sp³-hybridized carbons (Fsp3) is 1.00. The Kier molecular flexibility index (Phi) is 8.47. The normalized spacial score (nSPS) is 15.7. The Morgan fingerprint density at radius 2 is 1.28 bits per heavy atom. The van der Waals surface area contributed by atoms with E-state index in [9.17, 15) is 43.9 Å². The first-order chi connectivity index (χ1) is 11.0. The van der Waals surface area contributed by atoms with Crippen LogP contribution in [-0.4, -0.2) is 62.8 Å². The van der Waals surface area contributed by atoms with Crippen molar-refractivity contribution in [2.45, 2.75) is 43.5 Å². The molecule has 0 aromatic heterocycles. The molecule has 0 aromatic rings. The highest BCUT2D eigenvalue weighted by Gasteiger charge is 2.73. The highest BCUT2D eigenvalue weighted by molar-refractivity contribution is 4.97. The van der Waals surface area contributed by atoms with E-state index in [1.165, 1.54) is 0 Å². The number of halogens is 10. The summed E-state index contributed by atoms with van der Waals surface area (Å²) in [5.74, 6) is -3.08. The second kappa shape index (κ2) is 8.74. The van der Waals surface area contributed by atoms with Crippen LogP contribution in [0.3, 0.4) is 0 Å². The second-order valence-corrected chi connectivity index (χ2v) is 5.93. The van der Waals surface area contributed by atoms with Gasteiger partial charge in [-0.3, -0.25) is 0 Å². The third-order valence-corrected chi connectivity index (χ3v) is 3.52. The minimum absolute atomic E-state index is 0.224. The first kappa shape index (κ1) is 24.2. The largest absolute Gasteiger partial charge is 0.431 e. The van der Waals surface area contributed by atoms with Crippen LogP contribution in [0.2, 0.25) is 0 Å². The van der Waals surface area contributed by atoms with E-state index in [0.29, 0.717) is 13.0 Å². The van der Waals surface area contributed by atoms with Gasteiger partial charge in [-0.05, 0) is 46.6 Å². The van der Waals surface area contributed by atoms with E-state index in [1.54, 1.807) is 19.0 Å². The van der Waals surface area contributed by atoms with E-state index in [-0.39, 0.29) is 6.54 Å². The van der Waals surface area contributed by atoms with Crippen molar-refractivity contribution in [1.82, 2.24) is 10.2 Å². The van der Waals surface area contributed by atoms with Gasteiger partial charge >= 0.3 is 18.5 Å². The number of hydrogen-bond acceptors (Lipinski definition) is 2. The third kappa shape index (κ3) is 7.55. The zero-order valence-electron chi connectivity index (χ0n) is 13.5. The molecule has 0 bridgehead atoms. The van der Waals surface area contributed by atoms with Crippen molar-refractivity contribution >= 4 is 0 Å². The van der Waals surface area contributed by atoms with Crippen LogP contribution in [0, 0.1) is 5.92 Å². The fourth-order valence-electron chi connectivity index (χ4n) is 2.03. The average molecular weight is 394 g/mol. The summed E-state index contributed by atoms with van der Waals surface area (Å²) in [6.45, 7) is 0.330. The zero-order chi connectivity index (χ0) is 20.1. The molecule has 0 aromatic carbocycles. The van der Waals surface area contributed by atoms with Crippen LogP contribution < -0.4 is 5.32 Å². The van der Waals surface area contributed by atoms with E-state index in [4.69, 9.17) is 0 Å². The van der Waals surface area contributed by atoms with E-state index in [2.05, 4.69) is 5.32 Å². The number of rotatable bonds is 9. The van der Waals surface area contributed by atoms with Crippen molar-refractivity contribution in [2.75, 3.05) is 33.7 Å². The molecular formula is C13H20F10N2. The summed E-state index contributed by atoms with van der Waals surface area (Å²) in [7, 11) is 3.49. The summed E-state index contributed by atoms with van der Waals surface area (Å²) in [4.78, 5) is 1.78. The molecule has 0 amide bonds. The van der Waals surface area contributed by atoms with Crippen molar-refractivity contribution in [3.63, 3.8) is 0 Å². The van der Waals surface area contributed by atoms with Crippen LogP contribution in [0.15, 0.2) is 0 Å². The van der Waals surface area contributed by atoms with Crippen LogP contribution in [0.25, 0.3) is 0 Å². The fourth-order valence-corrected chi connectivity index (χ4v) is 2.03. The second-order valence-electron chi connectivity index (χ2n) is 5.93. The molecule has 0 radical (unpaired) electrons. The molecule has 0 saturated heterocycles. The summed E-state index contributed by atoms with van der Waals surface area (Å²) >= 11 is 0. The molecule has 0 fully saturated rings. The molecule has 12 heteroatoms. The smallest absolute Gasteiger partial charge is 0.317 e. The summed E-state index contributed by atoms with van der Waals surface area (Å²) < 4.78 is 126. The van der Waals surface area contributed by atoms with Gasteiger partial charge in [0.05, 0.1) is 5.92 Å². The Balaban J connectivity index is 4.94. The minimum atomic E-state index is -6.49. The van der Waals surface area contributed by atoms with Gasteiger partial charge in [0, 0.05) is 6.42 Å². The van der Waals surface area contributed by atoms with Crippen molar-refractivity contribution in [3.05, 3.63) is 0 Å². The van der Waals surface area contributed by atoms with Gasteiger partial charge in [-0.2, -0.15) is 39.5 Å². The predicted octanol–water partition coefficient (Wildman–Crippen LogP) is 4.32. The number of hydrogen-bond donors (Lipinski definition) is 1. The molecule has 0 aliphatic carbocycles. The van der Waals surface area contributed by atoms with Crippen molar-refractivity contribution in [3.8, 4) is 0 Å². The lowest BCUT2D eigenvalue weighted by Crippen LogP contribution is -2.55. The molecule has 0 aliphatic rings. The Labute approximate surface area is 138 Å². The zero-order valence-corrected chi connectivity index (χ0v) is 13.5. The van der Waals surface area contributed by atoms with Crippen LogP contribution in [0.1, 0.15) is 19.3 Å². The minimum Gasteiger partial charge on any atom is -0.317 e. The molecule has 1 unspecified atom stereocenters. The quantitative estimate of drug-likeness (QED) is 0.463. The average Bonchev–Trinajstić information content (AvgIpc) is 2.36. The Bertz CT molecular complexity index is 372. The molecule has 0 spiro atoms. The van der Waals surface area contributed by atoms with E-state index in [1.807, 2.05) is 0 Å². The molecule has 0 heterocycles. The van der Waals surface area contributed by atoms with Crippen molar-refractivity contribution in [1.29, 1.82) is 0 Å². The Morgan fingerprint density at radius 1 is 0.800 bits per heavy atom. The lowest BCUT2D eigenvalue weighted by atomic mass is 9.88. The van der Waals surface area contributed by atoms with Gasteiger partial charge in [0.1, 0.15) is 0 Å². The van der Waals surface area contributed by atoms with Gasteiger partial charge < -0.3 is 10.2 Å². The van der Waals surface area contributed by atoms with E-state index < -0.39 is 49.5 Å². The summed E-state index contributed by atoms with van der Waals surface area (Å²) in [6, 6.07) is 0. The van der Waals surface area contributed by atoms with Gasteiger partial charge in [0.25, 0.3) is 5.67 Å². The number of alkyl halides is 10. The van der Waals surface area contributed by atoms with Crippen molar-refractivity contribution in [2.24, 2.45) is 5.92 Å². The van der Waals surface area contributed by atoms with Gasteiger partial charge in [-0.25, -0.2) is 4.39 Å². The Hall–Kier alpha value is -0.780. The molecule has 152 valence electrons. The van der Waals surface area contributed by atoms with E-state index in [0.717, 1.165) is 0 Å². The molecule has 0 rings (SSSR count). The maximum atomic E-state index is 13.5. The maximum absolute atomic E-state index is 13.5. The molecule has 25 heavy (non-hydrogen) atoms. The highest BCUT2D eigenvalue weighted by atomic mass is 19.4. The molecular weight excluding hydrogens is 374 g/mol. The third-order valence-electron chi connectivity index (χ3n) is 3.52. The summed E-state index contributed by atoms with van der Waals surface area (Å²) in [6.07, 6.45) is -21.7. The number of nitrogens with one attached hydrogen (secondary N) is 1. The SMILES string of the molecule is CN(C)CCCNCCC(CC(F)(C(F)(F)F)C(F)(F)F)C(F)(F)F. The Morgan fingerprint density at radius 3 is 1.64 bits per heavy atom. The monoisotopic (exact) mass is 394 g/mol.